The summed E-state index contributed by atoms with van der Waals surface area (Å²) in [6, 6.07) is 8.03. The van der Waals surface area contributed by atoms with Gasteiger partial charge in [-0.1, -0.05) is 89.9 Å². The minimum atomic E-state index is -0.878. The van der Waals surface area contributed by atoms with Crippen LogP contribution in [-0.4, -0.2) is 79.1 Å². The molecule has 1 aliphatic heterocycles. The van der Waals surface area contributed by atoms with E-state index in [9.17, 15) is 28.8 Å². The maximum atomic E-state index is 14.4. The van der Waals surface area contributed by atoms with Gasteiger partial charge in [-0.25, -0.2) is 0 Å². The van der Waals surface area contributed by atoms with Crippen molar-refractivity contribution in [3.8, 4) is 0 Å². The number of carbonyl (C=O) groups is 6. The molecule has 2 unspecified atom stereocenters. The predicted octanol–water partition coefficient (Wildman–Crippen LogP) is 5.62. The summed E-state index contributed by atoms with van der Waals surface area (Å²) in [5, 5.41) is 16.8. The molecule has 7 atom stereocenters. The number of aryl methyl sites for hydroxylation is 1. The summed E-state index contributed by atoms with van der Waals surface area (Å²) in [6.07, 6.45) is 6.16. The Bertz CT molecular complexity index is 1540. The SMILES string of the molecule is CCCC(CC(=O)[C@@H]1[C@H]2CCCC2CN1C(=O)[C@@H](NC(=O)[C@H](CC(=O)CCCCc1nn[nH]n1)C(C)C)C(C)C)C(=O)C(=O)C[C@H](C)c1ccccc1. The van der Waals surface area contributed by atoms with E-state index in [0.29, 0.717) is 44.5 Å². The number of benzene rings is 1. The highest BCUT2D eigenvalue weighted by molar-refractivity contribution is 6.38. The van der Waals surface area contributed by atoms with E-state index in [-0.39, 0.29) is 72.2 Å². The van der Waals surface area contributed by atoms with Gasteiger partial charge < -0.3 is 10.2 Å². The van der Waals surface area contributed by atoms with Gasteiger partial charge in [-0.3, -0.25) is 28.8 Å². The summed E-state index contributed by atoms with van der Waals surface area (Å²) in [5.74, 6) is -2.91. The molecule has 1 aromatic carbocycles. The van der Waals surface area contributed by atoms with Crippen molar-refractivity contribution in [2.75, 3.05) is 6.54 Å². The van der Waals surface area contributed by atoms with Crippen molar-refractivity contribution in [2.45, 2.75) is 137 Å². The first-order chi connectivity index (χ1) is 25.3. The van der Waals surface area contributed by atoms with Crippen LogP contribution < -0.4 is 5.32 Å². The summed E-state index contributed by atoms with van der Waals surface area (Å²) < 4.78 is 0. The summed E-state index contributed by atoms with van der Waals surface area (Å²) in [4.78, 5) is 83.9. The maximum absolute atomic E-state index is 14.4. The first-order valence-electron chi connectivity index (χ1n) is 19.8. The molecule has 12 nitrogen and oxygen atoms in total. The van der Waals surface area contributed by atoms with Crippen LogP contribution in [0.3, 0.4) is 0 Å². The number of unbranched alkanes of at least 4 members (excludes halogenated alkanes) is 1. The van der Waals surface area contributed by atoms with Crippen LogP contribution in [0.15, 0.2) is 30.3 Å². The van der Waals surface area contributed by atoms with Gasteiger partial charge in [0, 0.05) is 50.5 Å². The van der Waals surface area contributed by atoms with Crippen LogP contribution in [0.1, 0.15) is 129 Å². The highest BCUT2D eigenvalue weighted by Crippen LogP contribution is 2.43. The van der Waals surface area contributed by atoms with Crippen molar-refractivity contribution in [3.05, 3.63) is 41.7 Å². The smallest absolute Gasteiger partial charge is 0.246 e. The molecule has 0 radical (unpaired) electrons. The second-order valence-corrected chi connectivity index (χ2v) is 16.1. The number of hydrogen-bond donors (Lipinski definition) is 2. The van der Waals surface area contributed by atoms with E-state index in [2.05, 4.69) is 25.9 Å². The molecule has 1 saturated heterocycles. The highest BCUT2D eigenvalue weighted by Gasteiger charge is 2.51. The fourth-order valence-corrected chi connectivity index (χ4v) is 8.31. The van der Waals surface area contributed by atoms with Crippen molar-refractivity contribution >= 4 is 34.9 Å². The fraction of sp³-hybridized carbons (Fsp3) is 0.683. The number of nitrogens with one attached hydrogen (secondary N) is 2. The summed E-state index contributed by atoms with van der Waals surface area (Å²) in [5.41, 5.74) is 0.982. The molecule has 290 valence electrons. The van der Waals surface area contributed by atoms with Crippen LogP contribution in [-0.2, 0) is 35.2 Å². The Morgan fingerprint density at radius 1 is 0.925 bits per heavy atom. The topological polar surface area (TPSA) is 172 Å². The van der Waals surface area contributed by atoms with Crippen molar-refractivity contribution in [1.82, 2.24) is 30.8 Å². The largest absolute Gasteiger partial charge is 0.344 e. The van der Waals surface area contributed by atoms with Gasteiger partial charge in [0.25, 0.3) is 0 Å². The summed E-state index contributed by atoms with van der Waals surface area (Å²) in [6.45, 7) is 11.8. The average molecular weight is 733 g/mol. The number of likely N-dealkylation sites (tertiary alicyclic amines) is 1. The molecule has 2 fully saturated rings. The summed E-state index contributed by atoms with van der Waals surface area (Å²) >= 11 is 0. The summed E-state index contributed by atoms with van der Waals surface area (Å²) in [7, 11) is 0. The molecule has 1 aromatic heterocycles. The lowest BCUT2D eigenvalue weighted by Crippen LogP contribution is -2.56. The number of fused-ring (bicyclic) bond motifs is 1. The van der Waals surface area contributed by atoms with Gasteiger partial charge in [0.1, 0.15) is 11.8 Å². The van der Waals surface area contributed by atoms with E-state index >= 15 is 0 Å². The van der Waals surface area contributed by atoms with Gasteiger partial charge in [-0.05, 0) is 67.3 Å². The first-order valence-corrected chi connectivity index (χ1v) is 19.8. The van der Waals surface area contributed by atoms with E-state index < -0.39 is 35.5 Å². The molecule has 1 aliphatic carbocycles. The van der Waals surface area contributed by atoms with Gasteiger partial charge in [-0.2, -0.15) is 5.21 Å². The quantitative estimate of drug-likeness (QED) is 0.115. The van der Waals surface area contributed by atoms with E-state index in [4.69, 9.17) is 0 Å². The molecule has 53 heavy (non-hydrogen) atoms. The number of amides is 2. The van der Waals surface area contributed by atoms with Crippen LogP contribution in [0, 0.1) is 35.5 Å². The maximum Gasteiger partial charge on any atom is 0.246 e. The molecule has 2 amide bonds. The highest BCUT2D eigenvalue weighted by atomic mass is 16.2. The van der Waals surface area contributed by atoms with Gasteiger partial charge >= 0.3 is 0 Å². The standard InChI is InChI=1S/C41H60N6O6/c1-7-14-29(39(51)35(50)21-27(6)28-15-9-8-10-16-28)22-34(49)38-32-19-13-17-30(32)24-47(38)41(53)37(26(4)5)42-40(52)33(25(2)3)23-31(48)18-11-12-20-36-43-45-46-44-36/h8-10,15-16,25-27,29-30,32-33,37-38H,7,11-14,17-24H2,1-6H3,(H,42,52)(H,43,44,45,46)/t27-,29?,30?,32-,33+,37-,38-/m0/s1. The third-order valence-electron chi connectivity index (χ3n) is 11.4. The molecule has 4 rings (SSSR count). The third-order valence-corrected chi connectivity index (χ3v) is 11.4. The zero-order valence-electron chi connectivity index (χ0n) is 32.5. The number of tetrazole rings is 1. The average Bonchev–Trinajstić information content (AvgIpc) is 3.89. The van der Waals surface area contributed by atoms with Crippen molar-refractivity contribution < 1.29 is 28.8 Å². The lowest BCUT2D eigenvalue weighted by atomic mass is 9.83. The predicted molar refractivity (Wildman–Crippen MR) is 200 cm³/mol. The number of carbonyl (C=O) groups excluding carboxylic acids is 6. The Hall–Kier alpha value is -4.09. The van der Waals surface area contributed by atoms with Crippen LogP contribution in [0.5, 0.6) is 0 Å². The molecular weight excluding hydrogens is 672 g/mol. The second-order valence-electron chi connectivity index (χ2n) is 16.1. The van der Waals surface area contributed by atoms with Gasteiger partial charge in [0.05, 0.1) is 6.04 Å². The molecule has 1 saturated carbocycles. The van der Waals surface area contributed by atoms with Gasteiger partial charge in [0.2, 0.25) is 17.6 Å². The molecule has 12 heteroatoms. The molecular formula is C41H60N6O6. The number of aromatic nitrogens is 4. The third kappa shape index (κ3) is 11.2. The minimum absolute atomic E-state index is 0.0118. The number of Topliss-reactive ketones (excluding diaryl/α,β-unsaturated/α-hetero) is 4. The molecule has 0 bridgehead atoms. The second kappa shape index (κ2) is 19.8. The Morgan fingerprint density at radius 3 is 2.30 bits per heavy atom. The lowest BCUT2D eigenvalue weighted by Gasteiger charge is -2.33. The number of hydrogen-bond acceptors (Lipinski definition) is 9. The zero-order valence-corrected chi connectivity index (χ0v) is 32.5. The molecule has 0 spiro atoms. The molecule has 2 heterocycles. The first kappa shape index (κ1) is 41.7. The monoisotopic (exact) mass is 732 g/mol. The normalized spacial score (nSPS) is 20.5. The van der Waals surface area contributed by atoms with E-state index in [1.807, 2.05) is 71.9 Å². The van der Waals surface area contributed by atoms with Gasteiger partial charge in [0.15, 0.2) is 17.4 Å². The number of ketones is 4. The Morgan fingerprint density at radius 2 is 1.66 bits per heavy atom. The Kier molecular flexibility index (Phi) is 15.6. The molecule has 2 aromatic rings. The van der Waals surface area contributed by atoms with Gasteiger partial charge in [-0.15, -0.1) is 10.2 Å². The van der Waals surface area contributed by atoms with Crippen molar-refractivity contribution in [3.63, 3.8) is 0 Å². The van der Waals surface area contributed by atoms with Crippen molar-refractivity contribution in [1.29, 1.82) is 0 Å². The fourth-order valence-electron chi connectivity index (χ4n) is 8.31. The van der Waals surface area contributed by atoms with Crippen LogP contribution in [0.2, 0.25) is 0 Å². The molecule has 2 N–H and O–H groups in total. The van der Waals surface area contributed by atoms with E-state index in [1.165, 1.54) is 0 Å². The number of rotatable bonds is 22. The van der Waals surface area contributed by atoms with Crippen molar-refractivity contribution in [2.24, 2.45) is 35.5 Å². The zero-order chi connectivity index (χ0) is 38.7. The number of H-pyrrole nitrogens is 1. The van der Waals surface area contributed by atoms with Crippen LogP contribution >= 0.6 is 0 Å². The van der Waals surface area contributed by atoms with Crippen LogP contribution in [0.25, 0.3) is 0 Å². The van der Waals surface area contributed by atoms with Crippen LogP contribution in [0.4, 0.5) is 0 Å². The molecule has 2 aliphatic rings. The Labute approximate surface area is 314 Å². The van der Waals surface area contributed by atoms with E-state index in [0.717, 1.165) is 31.2 Å². The minimum Gasteiger partial charge on any atom is -0.344 e. The number of aromatic amines is 1. The number of nitrogens with zero attached hydrogens (tertiary/aromatic N) is 4. The lowest BCUT2D eigenvalue weighted by molar-refractivity contribution is -0.145. The van der Waals surface area contributed by atoms with E-state index in [1.54, 1.807) is 4.90 Å². The Balaban J connectivity index is 1.42.